The lowest BCUT2D eigenvalue weighted by Crippen LogP contribution is -2.21. The van der Waals surface area contributed by atoms with Gasteiger partial charge in [-0.1, -0.05) is 6.07 Å². The van der Waals surface area contributed by atoms with Crippen LogP contribution in [0.2, 0.25) is 0 Å². The molecule has 0 aromatic carbocycles. The van der Waals surface area contributed by atoms with E-state index in [0.29, 0.717) is 41.8 Å². The van der Waals surface area contributed by atoms with Gasteiger partial charge in [0, 0.05) is 31.4 Å². The Hall–Kier alpha value is -3.13. The van der Waals surface area contributed by atoms with Gasteiger partial charge in [-0.15, -0.1) is 5.10 Å². The number of ether oxygens (including phenoxy) is 1. The van der Waals surface area contributed by atoms with Crippen molar-refractivity contribution < 1.29 is 9.84 Å². The number of anilines is 1. The Kier molecular flexibility index (Phi) is 4.64. The smallest absolute Gasteiger partial charge is 0.175 e. The number of allylic oxidation sites excluding steroid dienone is 2. The third-order valence-electron chi connectivity index (χ3n) is 4.28. The summed E-state index contributed by atoms with van der Waals surface area (Å²) in [6.07, 6.45) is 5.20. The van der Waals surface area contributed by atoms with Crippen LogP contribution in [-0.4, -0.2) is 71.4 Å². The number of hydrogen-bond acceptors (Lipinski definition) is 7. The van der Waals surface area contributed by atoms with Crippen LogP contribution in [0.15, 0.2) is 58.1 Å². The molecule has 2 aliphatic rings. The Balaban J connectivity index is 1.74. The van der Waals surface area contributed by atoms with Crippen LogP contribution in [0.3, 0.4) is 0 Å². The zero-order valence-electron chi connectivity index (χ0n) is 15.4. The monoisotopic (exact) mass is 366 g/mol. The van der Waals surface area contributed by atoms with Crippen molar-refractivity contribution in [1.29, 1.82) is 0 Å². The van der Waals surface area contributed by atoms with Gasteiger partial charge in [-0.05, 0) is 26.2 Å². The number of hydrogen-bond donors (Lipinski definition) is 2. The van der Waals surface area contributed by atoms with E-state index in [9.17, 15) is 5.11 Å². The molecule has 0 radical (unpaired) electrons. The Morgan fingerprint density at radius 2 is 2.22 bits per heavy atom. The molecule has 2 aromatic rings. The molecule has 0 atom stereocenters. The van der Waals surface area contributed by atoms with E-state index in [0.717, 1.165) is 18.6 Å². The third kappa shape index (κ3) is 3.56. The van der Waals surface area contributed by atoms with Crippen LogP contribution < -0.4 is 5.32 Å². The highest BCUT2D eigenvalue weighted by Crippen LogP contribution is 2.31. The summed E-state index contributed by atoms with van der Waals surface area (Å²) in [6, 6.07) is 5.80. The first-order valence-corrected chi connectivity index (χ1v) is 8.87. The number of nitrogens with one attached hydrogen (secondary N) is 1. The number of aromatic nitrogens is 2. The third-order valence-corrected chi connectivity index (χ3v) is 4.28. The summed E-state index contributed by atoms with van der Waals surface area (Å²) in [6.45, 7) is 2.73. The molecule has 27 heavy (non-hydrogen) atoms. The van der Waals surface area contributed by atoms with Crippen molar-refractivity contribution in [3.05, 3.63) is 48.1 Å². The fourth-order valence-electron chi connectivity index (χ4n) is 2.93. The molecule has 3 heterocycles. The van der Waals surface area contributed by atoms with E-state index in [4.69, 9.17) is 9.73 Å². The second kappa shape index (κ2) is 7.24. The van der Waals surface area contributed by atoms with Gasteiger partial charge in [0.05, 0.1) is 12.1 Å². The number of aliphatic hydroxyl groups is 1. The average molecular weight is 366 g/mol. The largest absolute Gasteiger partial charge is 0.506 e. The van der Waals surface area contributed by atoms with Crippen LogP contribution in [-0.2, 0) is 4.74 Å². The highest BCUT2D eigenvalue weighted by atomic mass is 16.5. The van der Waals surface area contributed by atoms with Gasteiger partial charge in [-0.3, -0.25) is 4.99 Å². The van der Waals surface area contributed by atoms with E-state index in [1.54, 1.807) is 16.7 Å². The molecule has 0 fully saturated rings. The summed E-state index contributed by atoms with van der Waals surface area (Å²) in [5.74, 6) is 1.37. The molecule has 0 bridgehead atoms. The predicted molar refractivity (Wildman–Crippen MR) is 106 cm³/mol. The fraction of sp³-hybridized carbons (Fsp3) is 0.316. The molecular weight excluding hydrogens is 344 g/mol. The molecule has 1 aliphatic carbocycles. The zero-order valence-corrected chi connectivity index (χ0v) is 15.4. The molecule has 4 rings (SSSR count). The first kappa shape index (κ1) is 17.3. The topological polar surface area (TPSA) is 86.8 Å². The maximum atomic E-state index is 10.4. The maximum absolute atomic E-state index is 10.4. The average Bonchev–Trinajstić information content (AvgIpc) is 2.99. The first-order chi connectivity index (χ1) is 13.1. The van der Waals surface area contributed by atoms with Crippen molar-refractivity contribution in [2.75, 3.05) is 45.7 Å². The number of rotatable bonds is 5. The Labute approximate surface area is 157 Å². The first-order valence-electron chi connectivity index (χ1n) is 8.87. The Morgan fingerprint density at radius 3 is 3.07 bits per heavy atom. The lowest BCUT2D eigenvalue weighted by atomic mass is 10.1. The minimum absolute atomic E-state index is 0.0672. The summed E-state index contributed by atoms with van der Waals surface area (Å²) in [5.41, 5.74) is 2.62. The molecule has 0 spiro atoms. The number of pyridine rings is 1. The van der Waals surface area contributed by atoms with Crippen LogP contribution >= 0.6 is 0 Å². The van der Waals surface area contributed by atoms with Gasteiger partial charge in [-0.2, -0.15) is 0 Å². The van der Waals surface area contributed by atoms with E-state index in [-0.39, 0.29) is 5.76 Å². The van der Waals surface area contributed by atoms with E-state index in [2.05, 4.69) is 20.3 Å². The standard InChI is InChI=1S/C19H22N6O2/c1-24(2)9-6-21-19-18(15-5-3-4-8-25(15)23-19)22-13-12-17-14(11-16(13)26)20-7-10-27-17/h3-5,8,11-12,26H,6-7,9-10H2,1-2H3,(H,21,23)/b22-13+. The molecule has 0 saturated carbocycles. The van der Waals surface area contributed by atoms with Crippen LogP contribution in [0, 0.1) is 0 Å². The van der Waals surface area contributed by atoms with Crippen molar-refractivity contribution in [3.63, 3.8) is 0 Å². The summed E-state index contributed by atoms with van der Waals surface area (Å²) in [5, 5.41) is 18.3. The lowest BCUT2D eigenvalue weighted by molar-refractivity contribution is 0.232. The maximum Gasteiger partial charge on any atom is 0.175 e. The molecule has 1 aliphatic heterocycles. The number of aliphatic imine (C=N–C) groups is 2. The SMILES string of the molecule is CN(C)CCNc1nn2ccccc2c1/N=C1\C=C2OCCN=C2C=C1O. The molecule has 8 nitrogen and oxygen atoms in total. The summed E-state index contributed by atoms with van der Waals surface area (Å²) >= 11 is 0. The Bertz CT molecular complexity index is 983. The highest BCUT2D eigenvalue weighted by molar-refractivity contribution is 6.22. The molecular formula is C19H22N6O2. The Morgan fingerprint density at radius 1 is 1.33 bits per heavy atom. The summed E-state index contributed by atoms with van der Waals surface area (Å²) in [4.78, 5) is 11.2. The van der Waals surface area contributed by atoms with E-state index >= 15 is 0 Å². The molecule has 140 valence electrons. The van der Waals surface area contributed by atoms with Crippen LogP contribution in [0.5, 0.6) is 0 Å². The molecule has 8 heteroatoms. The molecule has 0 saturated heterocycles. The molecule has 0 amide bonds. The van der Waals surface area contributed by atoms with Crippen molar-refractivity contribution in [2.24, 2.45) is 9.98 Å². The predicted octanol–water partition coefficient (Wildman–Crippen LogP) is 2.19. The highest BCUT2D eigenvalue weighted by Gasteiger charge is 2.22. The lowest BCUT2D eigenvalue weighted by Gasteiger charge is -2.19. The molecule has 0 unspecified atom stereocenters. The van der Waals surface area contributed by atoms with E-state index in [1.807, 2.05) is 38.5 Å². The van der Waals surface area contributed by atoms with Gasteiger partial charge in [0.15, 0.2) is 5.82 Å². The van der Waals surface area contributed by atoms with Gasteiger partial charge < -0.3 is 20.1 Å². The van der Waals surface area contributed by atoms with Gasteiger partial charge in [-0.25, -0.2) is 9.51 Å². The summed E-state index contributed by atoms with van der Waals surface area (Å²) < 4.78 is 7.42. The number of likely N-dealkylation sites (N-methyl/N-ethyl adjacent to an activating group) is 1. The number of aliphatic hydroxyl groups excluding tert-OH is 1. The summed E-state index contributed by atoms with van der Waals surface area (Å²) in [7, 11) is 4.04. The fourth-order valence-corrected chi connectivity index (χ4v) is 2.93. The van der Waals surface area contributed by atoms with Crippen LogP contribution in [0.1, 0.15) is 0 Å². The second-order valence-corrected chi connectivity index (χ2v) is 6.61. The molecule has 2 aromatic heterocycles. The number of nitrogens with zero attached hydrogens (tertiary/aromatic N) is 5. The molecule has 2 N–H and O–H groups in total. The minimum Gasteiger partial charge on any atom is -0.506 e. The van der Waals surface area contributed by atoms with Crippen molar-refractivity contribution >= 4 is 28.4 Å². The van der Waals surface area contributed by atoms with Crippen LogP contribution in [0.25, 0.3) is 5.52 Å². The van der Waals surface area contributed by atoms with Gasteiger partial charge in [0.2, 0.25) is 0 Å². The van der Waals surface area contributed by atoms with Crippen molar-refractivity contribution in [1.82, 2.24) is 14.5 Å². The van der Waals surface area contributed by atoms with Crippen molar-refractivity contribution in [2.45, 2.75) is 0 Å². The van der Waals surface area contributed by atoms with Gasteiger partial charge in [0.25, 0.3) is 0 Å². The second-order valence-electron chi connectivity index (χ2n) is 6.61. The van der Waals surface area contributed by atoms with E-state index in [1.165, 1.54) is 0 Å². The minimum atomic E-state index is 0.0672. The zero-order chi connectivity index (χ0) is 18.8. The van der Waals surface area contributed by atoms with E-state index < -0.39 is 0 Å². The quantitative estimate of drug-likeness (QED) is 0.792. The normalized spacial score (nSPS) is 18.0. The van der Waals surface area contributed by atoms with Crippen LogP contribution in [0.4, 0.5) is 11.5 Å². The van der Waals surface area contributed by atoms with Gasteiger partial charge >= 0.3 is 0 Å². The van der Waals surface area contributed by atoms with Gasteiger partial charge in [0.1, 0.15) is 35.2 Å². The van der Waals surface area contributed by atoms with Crippen molar-refractivity contribution in [3.8, 4) is 0 Å². The number of fused-ring (bicyclic) bond motifs is 2.